The Morgan fingerprint density at radius 3 is 2.71 bits per heavy atom. The van der Waals surface area contributed by atoms with E-state index in [0.717, 1.165) is 0 Å². The second-order valence-corrected chi connectivity index (χ2v) is 4.80. The van der Waals surface area contributed by atoms with Crippen LogP contribution in [0.2, 0.25) is 0 Å². The zero-order valence-electron chi connectivity index (χ0n) is 10.4. The van der Waals surface area contributed by atoms with Crippen molar-refractivity contribution in [1.82, 2.24) is 15.3 Å². The first-order valence-corrected chi connectivity index (χ1v) is 5.49. The van der Waals surface area contributed by atoms with Gasteiger partial charge in [0.15, 0.2) is 0 Å². The normalized spacial score (nSPS) is 11.0. The summed E-state index contributed by atoms with van der Waals surface area (Å²) < 4.78 is 0. The Kier molecular flexibility index (Phi) is 4.25. The molecular formula is C11H19N5O. The predicted octanol–water partition coefficient (Wildman–Crippen LogP) is 0.775. The van der Waals surface area contributed by atoms with E-state index >= 15 is 0 Å². The van der Waals surface area contributed by atoms with Crippen LogP contribution >= 0.6 is 0 Å². The molecule has 94 valence electrons. The second kappa shape index (κ2) is 5.47. The number of nitrogen functional groups attached to an aromatic ring is 1. The van der Waals surface area contributed by atoms with Crippen LogP contribution < -0.4 is 16.4 Å². The molecule has 6 nitrogen and oxygen atoms in total. The molecule has 0 aliphatic carbocycles. The van der Waals surface area contributed by atoms with Gasteiger partial charge in [-0.2, -0.15) is 0 Å². The molecule has 1 rings (SSSR count). The van der Waals surface area contributed by atoms with Crippen LogP contribution in [0.5, 0.6) is 0 Å². The molecule has 1 aromatic rings. The minimum absolute atomic E-state index is 0.00651. The number of amides is 1. The van der Waals surface area contributed by atoms with Gasteiger partial charge in [0.05, 0.1) is 0 Å². The molecule has 0 saturated heterocycles. The van der Waals surface area contributed by atoms with E-state index in [1.165, 1.54) is 6.33 Å². The highest BCUT2D eigenvalue weighted by Gasteiger charge is 2.12. The third kappa shape index (κ3) is 5.70. The molecule has 4 N–H and O–H groups in total. The quantitative estimate of drug-likeness (QED) is 0.719. The summed E-state index contributed by atoms with van der Waals surface area (Å²) >= 11 is 0. The number of hydrogen-bond acceptors (Lipinski definition) is 5. The summed E-state index contributed by atoms with van der Waals surface area (Å²) in [6.45, 7) is 6.36. The molecular weight excluding hydrogens is 218 g/mol. The van der Waals surface area contributed by atoms with Crippen molar-refractivity contribution in [2.75, 3.05) is 17.6 Å². The fourth-order valence-corrected chi connectivity index (χ4v) is 1.25. The summed E-state index contributed by atoms with van der Waals surface area (Å²) in [6, 6.07) is 1.63. The van der Waals surface area contributed by atoms with Gasteiger partial charge in [-0.05, 0) is 20.8 Å². The molecule has 0 radical (unpaired) electrons. The lowest BCUT2D eigenvalue weighted by atomic mass is 10.1. The first-order valence-electron chi connectivity index (χ1n) is 5.49. The average Bonchev–Trinajstić information content (AvgIpc) is 2.14. The number of carbonyl (C=O) groups excluding carboxylic acids is 1. The van der Waals surface area contributed by atoms with E-state index in [1.807, 2.05) is 20.8 Å². The molecule has 0 fully saturated rings. The van der Waals surface area contributed by atoms with Crippen molar-refractivity contribution in [1.29, 1.82) is 0 Å². The van der Waals surface area contributed by atoms with Crippen LogP contribution in [0, 0.1) is 0 Å². The topological polar surface area (TPSA) is 92.9 Å². The Morgan fingerprint density at radius 1 is 1.41 bits per heavy atom. The number of nitrogens with zero attached hydrogens (tertiary/aromatic N) is 2. The van der Waals surface area contributed by atoms with E-state index < -0.39 is 0 Å². The molecule has 0 aliphatic rings. The van der Waals surface area contributed by atoms with Crippen molar-refractivity contribution in [3.05, 3.63) is 12.4 Å². The number of anilines is 2. The fourth-order valence-electron chi connectivity index (χ4n) is 1.25. The highest BCUT2D eigenvalue weighted by Crippen LogP contribution is 2.04. The van der Waals surface area contributed by atoms with Crippen LogP contribution in [-0.2, 0) is 4.79 Å². The third-order valence-electron chi connectivity index (χ3n) is 1.86. The van der Waals surface area contributed by atoms with Crippen LogP contribution in [0.25, 0.3) is 0 Å². The largest absolute Gasteiger partial charge is 0.384 e. The Hall–Kier alpha value is -1.85. The smallest absolute Gasteiger partial charge is 0.222 e. The molecule has 0 aromatic carbocycles. The summed E-state index contributed by atoms with van der Waals surface area (Å²) in [5.41, 5.74) is 5.31. The van der Waals surface area contributed by atoms with Gasteiger partial charge in [-0.1, -0.05) is 0 Å². The summed E-state index contributed by atoms with van der Waals surface area (Å²) in [5.74, 6) is 1.04. The zero-order chi connectivity index (χ0) is 12.9. The number of rotatable bonds is 4. The van der Waals surface area contributed by atoms with Crippen LogP contribution in [0.3, 0.4) is 0 Å². The van der Waals surface area contributed by atoms with E-state index in [-0.39, 0.29) is 11.4 Å². The van der Waals surface area contributed by atoms with Crippen molar-refractivity contribution in [3.8, 4) is 0 Å². The number of hydrogen-bond donors (Lipinski definition) is 3. The first-order chi connectivity index (χ1) is 7.87. The lowest BCUT2D eigenvalue weighted by Gasteiger charge is -2.20. The van der Waals surface area contributed by atoms with Gasteiger partial charge in [0.25, 0.3) is 0 Å². The number of carbonyl (C=O) groups is 1. The number of nitrogens with two attached hydrogens (primary N) is 1. The minimum atomic E-state index is -0.198. The Labute approximate surface area is 101 Å². The van der Waals surface area contributed by atoms with Crippen molar-refractivity contribution < 1.29 is 4.79 Å². The molecule has 6 heteroatoms. The van der Waals surface area contributed by atoms with E-state index in [4.69, 9.17) is 5.73 Å². The van der Waals surface area contributed by atoms with Crippen molar-refractivity contribution in [2.24, 2.45) is 0 Å². The summed E-state index contributed by atoms with van der Waals surface area (Å²) in [7, 11) is 0. The van der Waals surface area contributed by atoms with E-state index in [1.54, 1.807) is 6.07 Å². The molecule has 0 saturated carbocycles. The van der Waals surface area contributed by atoms with Gasteiger partial charge >= 0.3 is 0 Å². The Balaban J connectivity index is 2.31. The van der Waals surface area contributed by atoms with Gasteiger partial charge in [0.1, 0.15) is 18.0 Å². The molecule has 0 aliphatic heterocycles. The molecule has 0 bridgehead atoms. The SMILES string of the molecule is CC(C)(C)NC(=O)CCNc1cc(N)ncn1. The maximum absolute atomic E-state index is 11.5. The Morgan fingerprint density at radius 2 is 2.12 bits per heavy atom. The van der Waals surface area contributed by atoms with Crippen LogP contribution in [0.4, 0.5) is 11.6 Å². The lowest BCUT2D eigenvalue weighted by Crippen LogP contribution is -2.41. The van der Waals surface area contributed by atoms with Crippen molar-refractivity contribution in [2.45, 2.75) is 32.7 Å². The summed E-state index contributed by atoms with van der Waals surface area (Å²) in [5, 5.41) is 5.89. The molecule has 1 amide bonds. The monoisotopic (exact) mass is 237 g/mol. The standard InChI is InChI=1S/C11H19N5O/c1-11(2,3)16-10(17)4-5-13-9-6-8(12)14-7-15-9/h6-7H,4-5H2,1-3H3,(H,16,17)(H3,12,13,14,15). The second-order valence-electron chi connectivity index (χ2n) is 4.80. The molecule has 0 atom stereocenters. The lowest BCUT2D eigenvalue weighted by molar-refractivity contribution is -0.122. The highest BCUT2D eigenvalue weighted by atomic mass is 16.1. The van der Waals surface area contributed by atoms with Crippen molar-refractivity contribution in [3.63, 3.8) is 0 Å². The average molecular weight is 237 g/mol. The van der Waals surface area contributed by atoms with Gasteiger partial charge in [-0.15, -0.1) is 0 Å². The summed E-state index contributed by atoms with van der Waals surface area (Å²) in [4.78, 5) is 19.3. The van der Waals surface area contributed by atoms with Crippen LogP contribution in [0.1, 0.15) is 27.2 Å². The number of nitrogens with one attached hydrogen (secondary N) is 2. The van der Waals surface area contributed by atoms with E-state index in [0.29, 0.717) is 24.6 Å². The molecule has 1 aromatic heterocycles. The summed E-state index contributed by atoms with van der Waals surface area (Å²) in [6.07, 6.45) is 1.77. The van der Waals surface area contributed by atoms with Crippen LogP contribution in [0.15, 0.2) is 12.4 Å². The first kappa shape index (κ1) is 13.2. The van der Waals surface area contributed by atoms with Crippen molar-refractivity contribution >= 4 is 17.5 Å². The maximum atomic E-state index is 11.5. The van der Waals surface area contributed by atoms with E-state index in [9.17, 15) is 4.79 Å². The van der Waals surface area contributed by atoms with Gasteiger partial charge in [-0.25, -0.2) is 9.97 Å². The van der Waals surface area contributed by atoms with Gasteiger partial charge < -0.3 is 16.4 Å². The third-order valence-corrected chi connectivity index (χ3v) is 1.86. The van der Waals surface area contributed by atoms with Gasteiger partial charge in [-0.3, -0.25) is 4.79 Å². The Bertz CT molecular complexity index is 386. The van der Waals surface area contributed by atoms with E-state index in [2.05, 4.69) is 20.6 Å². The molecule has 0 unspecified atom stereocenters. The molecule has 0 spiro atoms. The molecule has 1 heterocycles. The highest BCUT2D eigenvalue weighted by molar-refractivity contribution is 5.77. The zero-order valence-corrected chi connectivity index (χ0v) is 10.4. The maximum Gasteiger partial charge on any atom is 0.222 e. The fraction of sp³-hybridized carbons (Fsp3) is 0.545. The molecule has 17 heavy (non-hydrogen) atoms. The van der Waals surface area contributed by atoms with Crippen LogP contribution in [-0.4, -0.2) is 28.0 Å². The predicted molar refractivity (Wildman–Crippen MR) is 67.4 cm³/mol. The van der Waals surface area contributed by atoms with Gasteiger partial charge in [0.2, 0.25) is 5.91 Å². The minimum Gasteiger partial charge on any atom is -0.384 e. The van der Waals surface area contributed by atoms with Gasteiger partial charge in [0, 0.05) is 24.6 Å². The number of aromatic nitrogens is 2.